The zero-order valence-electron chi connectivity index (χ0n) is 48.1. The largest absolute Gasteiger partial charge is 0.309 e. The molecule has 0 saturated heterocycles. The van der Waals surface area contributed by atoms with Crippen LogP contribution >= 0.6 is 0 Å². The van der Waals surface area contributed by atoms with E-state index in [9.17, 15) is 0 Å². The molecule has 0 aliphatic rings. The number of rotatable bonds is 8. The Bertz CT molecular complexity index is 5660. The van der Waals surface area contributed by atoms with Crippen molar-refractivity contribution < 1.29 is 0 Å². The second-order valence-electron chi connectivity index (χ2n) is 22.8. The van der Waals surface area contributed by atoms with Crippen LogP contribution in [0.15, 0.2) is 340 Å². The first kappa shape index (κ1) is 50.8. The lowest BCUT2D eigenvalue weighted by Crippen LogP contribution is -1.94. The first-order chi connectivity index (χ1) is 43.7. The van der Waals surface area contributed by atoms with Gasteiger partial charge in [0, 0.05) is 65.8 Å². The van der Waals surface area contributed by atoms with Crippen molar-refractivity contribution in [1.82, 2.24) is 18.3 Å². The van der Waals surface area contributed by atoms with E-state index in [-0.39, 0.29) is 0 Å². The van der Waals surface area contributed by atoms with Crippen LogP contribution in [0, 0.1) is 0 Å². The summed E-state index contributed by atoms with van der Waals surface area (Å²) in [6.07, 6.45) is 0. The molecule has 4 nitrogen and oxygen atoms in total. The van der Waals surface area contributed by atoms with Crippen LogP contribution in [0.2, 0.25) is 0 Å². The average Bonchev–Trinajstić information content (AvgIpc) is 2.30. The summed E-state index contributed by atoms with van der Waals surface area (Å²) in [7, 11) is 0. The lowest BCUT2D eigenvalue weighted by Gasteiger charge is -2.11. The van der Waals surface area contributed by atoms with Crippen LogP contribution in [0.4, 0.5) is 0 Å². The molecule has 0 N–H and O–H groups in total. The van der Waals surface area contributed by atoms with Gasteiger partial charge in [0.2, 0.25) is 0 Å². The Morgan fingerprint density at radius 1 is 0.125 bits per heavy atom. The van der Waals surface area contributed by atoms with Crippen molar-refractivity contribution in [3.8, 4) is 67.3 Å². The van der Waals surface area contributed by atoms with Gasteiger partial charge in [-0.15, -0.1) is 0 Å². The zero-order chi connectivity index (χ0) is 58.1. The molecule has 0 unspecified atom stereocenters. The van der Waals surface area contributed by atoms with Crippen LogP contribution in [0.5, 0.6) is 0 Å². The zero-order valence-corrected chi connectivity index (χ0v) is 48.1. The van der Waals surface area contributed by atoms with Crippen LogP contribution in [-0.4, -0.2) is 18.3 Å². The summed E-state index contributed by atoms with van der Waals surface area (Å²) in [5, 5.41) is 10.1. The van der Waals surface area contributed by atoms with E-state index in [0.717, 1.165) is 5.69 Å². The molecule has 0 bridgehead atoms. The highest BCUT2D eigenvalue weighted by atomic mass is 15.0. The minimum atomic E-state index is 1.16. The Kier molecular flexibility index (Phi) is 12.2. The maximum absolute atomic E-state index is 2.42. The van der Waals surface area contributed by atoms with Crippen molar-refractivity contribution in [3.05, 3.63) is 340 Å². The molecule has 4 heteroatoms. The van der Waals surface area contributed by atoms with Crippen molar-refractivity contribution in [2.24, 2.45) is 0 Å². The molecule has 4 aromatic heterocycles. The molecule has 0 fully saturated rings. The van der Waals surface area contributed by atoms with E-state index in [1.54, 1.807) is 0 Å². The fraction of sp³-hybridized carbons (Fsp3) is 0. The third kappa shape index (κ3) is 8.53. The molecule has 0 atom stereocenters. The highest BCUT2D eigenvalue weighted by Gasteiger charge is 2.19. The van der Waals surface area contributed by atoms with Gasteiger partial charge in [-0.3, -0.25) is 0 Å². The molecule has 0 aliphatic heterocycles. The Morgan fingerprint density at radius 3 is 0.773 bits per heavy atom. The first-order valence-electron chi connectivity index (χ1n) is 30.2. The third-order valence-corrected chi connectivity index (χ3v) is 17.8. The molecule has 18 aromatic rings. The second-order valence-corrected chi connectivity index (χ2v) is 22.8. The van der Waals surface area contributed by atoms with E-state index in [1.807, 2.05) is 0 Å². The summed E-state index contributed by atoms with van der Waals surface area (Å²) in [5.74, 6) is 0. The Morgan fingerprint density at radius 2 is 0.375 bits per heavy atom. The van der Waals surface area contributed by atoms with Crippen LogP contribution in [0.25, 0.3) is 154 Å². The van der Waals surface area contributed by atoms with E-state index < -0.39 is 0 Å². The third-order valence-electron chi connectivity index (χ3n) is 17.8. The predicted octanol–water partition coefficient (Wildman–Crippen LogP) is 22.4. The van der Waals surface area contributed by atoms with Crippen LogP contribution in [0.1, 0.15) is 0 Å². The summed E-state index contributed by atoms with van der Waals surface area (Å²) in [6.45, 7) is 0. The number of aromatic nitrogens is 4. The summed E-state index contributed by atoms with van der Waals surface area (Å²) >= 11 is 0. The minimum Gasteiger partial charge on any atom is -0.309 e. The van der Waals surface area contributed by atoms with Gasteiger partial charge in [-0.2, -0.15) is 0 Å². The monoisotopic (exact) mass is 1120 g/mol. The van der Waals surface area contributed by atoms with E-state index in [0.29, 0.717) is 0 Å². The quantitative estimate of drug-likeness (QED) is 0.144. The lowest BCUT2D eigenvalue weighted by molar-refractivity contribution is 1.18. The number of hydrogen-bond acceptors (Lipinski definition) is 0. The Hall–Kier alpha value is -11.7. The standard InChI is InChI=1S/2C42H28N2/c1-3-12-29(13-4-1)30-14-11-17-34(26-30)44-39-20-9-7-18-35(39)37-24-22-32(28-42(37)44)31-23-25-41-38(27-31)36-19-8-10-21-40(36)43(41)33-15-5-2-6-16-33;1-3-12-29(13-4-1)30-14-11-17-34(26-30)44-40-21-10-8-19-36(40)38-28-32(23-25-42(38)44)31-22-24-41-37(27-31)35-18-7-9-20-39(35)43(41)33-15-5-2-6-16-33/h2*1-28H. The van der Waals surface area contributed by atoms with Crippen LogP contribution in [0.3, 0.4) is 0 Å². The van der Waals surface area contributed by atoms with Gasteiger partial charge in [0.05, 0.1) is 44.1 Å². The molecule has 0 aliphatic carbocycles. The summed E-state index contributed by atoms with van der Waals surface area (Å²) < 4.78 is 9.56. The Balaban J connectivity index is 0.000000137. The van der Waals surface area contributed by atoms with Crippen molar-refractivity contribution in [1.29, 1.82) is 0 Å². The van der Waals surface area contributed by atoms with Crippen LogP contribution in [-0.2, 0) is 0 Å². The van der Waals surface area contributed by atoms with Gasteiger partial charge in [-0.1, -0.05) is 224 Å². The molecule has 0 saturated carbocycles. The second kappa shape index (κ2) is 21.1. The van der Waals surface area contributed by atoms with Gasteiger partial charge in [0.1, 0.15) is 0 Å². The van der Waals surface area contributed by atoms with Gasteiger partial charge in [-0.05, 0) is 160 Å². The van der Waals surface area contributed by atoms with Crippen molar-refractivity contribution in [3.63, 3.8) is 0 Å². The minimum absolute atomic E-state index is 1.16. The van der Waals surface area contributed by atoms with Gasteiger partial charge in [-0.25, -0.2) is 0 Å². The summed E-state index contributed by atoms with van der Waals surface area (Å²) in [5.41, 5.74) is 24.1. The van der Waals surface area contributed by atoms with E-state index in [2.05, 4.69) is 358 Å². The molecule has 0 spiro atoms. The van der Waals surface area contributed by atoms with Crippen LogP contribution < -0.4 is 0 Å². The summed E-state index contributed by atoms with van der Waals surface area (Å²) in [6, 6.07) is 123. The Labute approximate surface area is 509 Å². The molecule has 4 heterocycles. The van der Waals surface area contributed by atoms with Gasteiger partial charge >= 0.3 is 0 Å². The maximum atomic E-state index is 2.42. The van der Waals surface area contributed by atoms with E-state index in [1.165, 1.54) is 149 Å². The molecule has 18 rings (SSSR count). The molecular formula is C84H56N4. The highest BCUT2D eigenvalue weighted by Crippen LogP contribution is 2.42. The fourth-order valence-corrected chi connectivity index (χ4v) is 13.8. The molecular weight excluding hydrogens is 1060 g/mol. The SMILES string of the molecule is c1ccc(-c2cccc(-n3c4ccccc4c4cc(-c5ccc6c(c5)c5ccccc5n6-c5ccccc5)ccc43)c2)cc1.c1ccc(-c2cccc(-n3c4ccccc4c4ccc(-c5ccc6c(c5)c5ccccc5n6-c5ccccc5)cc43)c2)cc1. The van der Waals surface area contributed by atoms with E-state index >= 15 is 0 Å². The number of hydrogen-bond donors (Lipinski definition) is 0. The van der Waals surface area contributed by atoms with Crippen molar-refractivity contribution >= 4 is 87.2 Å². The van der Waals surface area contributed by atoms with Gasteiger partial charge < -0.3 is 18.3 Å². The molecule has 0 radical (unpaired) electrons. The van der Waals surface area contributed by atoms with Crippen molar-refractivity contribution in [2.45, 2.75) is 0 Å². The fourth-order valence-electron chi connectivity index (χ4n) is 13.8. The van der Waals surface area contributed by atoms with Gasteiger partial charge in [0.15, 0.2) is 0 Å². The first-order valence-corrected chi connectivity index (χ1v) is 30.2. The van der Waals surface area contributed by atoms with E-state index in [4.69, 9.17) is 0 Å². The predicted molar refractivity (Wildman–Crippen MR) is 372 cm³/mol. The van der Waals surface area contributed by atoms with Crippen molar-refractivity contribution in [2.75, 3.05) is 0 Å². The van der Waals surface area contributed by atoms with Gasteiger partial charge in [0.25, 0.3) is 0 Å². The molecule has 88 heavy (non-hydrogen) atoms. The number of benzene rings is 14. The maximum Gasteiger partial charge on any atom is 0.0547 e. The normalized spacial score (nSPS) is 11.6. The molecule has 14 aromatic carbocycles. The highest BCUT2D eigenvalue weighted by molar-refractivity contribution is 6.15. The lowest BCUT2D eigenvalue weighted by atomic mass is 10.0. The topological polar surface area (TPSA) is 19.7 Å². The number of nitrogens with zero attached hydrogens (tertiary/aromatic N) is 4. The molecule has 412 valence electrons. The summed E-state index contributed by atoms with van der Waals surface area (Å²) in [4.78, 5) is 0. The number of fused-ring (bicyclic) bond motifs is 12. The smallest absolute Gasteiger partial charge is 0.0547 e. The average molecular weight is 1120 g/mol. The number of para-hydroxylation sites is 6. The molecule has 0 amide bonds.